The molecule has 1 aliphatic heterocycles. The highest BCUT2D eigenvalue weighted by atomic mass is 32.1. The van der Waals surface area contributed by atoms with E-state index in [1.54, 1.807) is 4.90 Å². The fourth-order valence-corrected chi connectivity index (χ4v) is 5.09. The maximum atomic E-state index is 14.0. The molecule has 0 bridgehead atoms. The molecule has 1 saturated carbocycles. The SMILES string of the molecule is CC1CCCN1C(=O)c1nc(C(=O)O)sc1-c1cnc(NC2(C)CCC2)cc1C(F)F. The van der Waals surface area contributed by atoms with E-state index in [4.69, 9.17) is 0 Å². The Kier molecular flexibility index (Phi) is 5.67. The Morgan fingerprint density at radius 1 is 1.35 bits per heavy atom. The molecule has 10 heteroatoms. The zero-order valence-corrected chi connectivity index (χ0v) is 18.1. The van der Waals surface area contributed by atoms with Crippen LogP contribution in [0.3, 0.4) is 0 Å². The van der Waals surface area contributed by atoms with Crippen LogP contribution in [-0.4, -0.2) is 50.0 Å². The minimum Gasteiger partial charge on any atom is -0.476 e. The van der Waals surface area contributed by atoms with Crippen LogP contribution in [0, 0.1) is 0 Å². The number of nitrogens with zero attached hydrogens (tertiary/aromatic N) is 3. The van der Waals surface area contributed by atoms with Gasteiger partial charge in [0.05, 0.1) is 4.88 Å². The number of carbonyl (C=O) groups excluding carboxylic acids is 1. The molecule has 2 fully saturated rings. The number of halogens is 2. The maximum Gasteiger partial charge on any atom is 0.365 e. The van der Waals surface area contributed by atoms with Crippen LogP contribution in [0.2, 0.25) is 0 Å². The lowest BCUT2D eigenvalue weighted by Gasteiger charge is -2.39. The summed E-state index contributed by atoms with van der Waals surface area (Å²) in [6.07, 6.45) is 3.07. The van der Waals surface area contributed by atoms with E-state index in [1.165, 1.54) is 12.3 Å². The number of pyridine rings is 1. The zero-order valence-electron chi connectivity index (χ0n) is 17.3. The van der Waals surface area contributed by atoms with Crippen LogP contribution in [0.4, 0.5) is 14.6 Å². The molecule has 0 spiro atoms. The fourth-order valence-electron chi connectivity index (χ4n) is 4.16. The van der Waals surface area contributed by atoms with Crippen molar-refractivity contribution in [1.29, 1.82) is 0 Å². The highest BCUT2D eigenvalue weighted by Gasteiger charge is 2.34. The normalized spacial score (nSPS) is 20.0. The molecule has 1 aliphatic carbocycles. The summed E-state index contributed by atoms with van der Waals surface area (Å²) in [7, 11) is 0. The van der Waals surface area contributed by atoms with E-state index < -0.39 is 18.3 Å². The molecule has 0 radical (unpaired) electrons. The van der Waals surface area contributed by atoms with Gasteiger partial charge in [0.25, 0.3) is 12.3 Å². The second-order valence-electron chi connectivity index (χ2n) is 8.49. The molecule has 0 aromatic carbocycles. The average Bonchev–Trinajstić information content (AvgIpc) is 3.33. The predicted molar refractivity (Wildman–Crippen MR) is 113 cm³/mol. The number of likely N-dealkylation sites (tertiary alicyclic amines) is 1. The number of carbonyl (C=O) groups is 2. The first-order chi connectivity index (χ1) is 14.7. The summed E-state index contributed by atoms with van der Waals surface area (Å²) < 4.78 is 28.0. The Hall–Kier alpha value is -2.62. The van der Waals surface area contributed by atoms with Gasteiger partial charge in [-0.05, 0) is 52.0 Å². The van der Waals surface area contributed by atoms with Crippen molar-refractivity contribution in [2.24, 2.45) is 0 Å². The highest BCUT2D eigenvalue weighted by molar-refractivity contribution is 7.17. The molecule has 2 aromatic heterocycles. The topological polar surface area (TPSA) is 95.4 Å². The molecule has 1 saturated heterocycles. The van der Waals surface area contributed by atoms with E-state index in [0.29, 0.717) is 12.4 Å². The number of thiazole rings is 1. The van der Waals surface area contributed by atoms with E-state index in [2.05, 4.69) is 15.3 Å². The van der Waals surface area contributed by atoms with Gasteiger partial charge >= 0.3 is 5.97 Å². The largest absolute Gasteiger partial charge is 0.476 e. The number of nitrogens with one attached hydrogen (secondary N) is 1. The van der Waals surface area contributed by atoms with Gasteiger partial charge in [0, 0.05) is 35.4 Å². The van der Waals surface area contributed by atoms with Crippen LogP contribution in [0.5, 0.6) is 0 Å². The third-order valence-electron chi connectivity index (χ3n) is 6.13. The Morgan fingerprint density at radius 3 is 2.65 bits per heavy atom. The van der Waals surface area contributed by atoms with Crippen molar-refractivity contribution < 1.29 is 23.5 Å². The van der Waals surface area contributed by atoms with Crippen molar-refractivity contribution in [3.8, 4) is 10.4 Å². The average molecular weight is 451 g/mol. The number of hydrogen-bond donors (Lipinski definition) is 2. The summed E-state index contributed by atoms with van der Waals surface area (Å²) in [5, 5.41) is 12.3. The first-order valence-electron chi connectivity index (χ1n) is 10.3. The van der Waals surface area contributed by atoms with Gasteiger partial charge < -0.3 is 15.3 Å². The Balaban J connectivity index is 1.77. The smallest absolute Gasteiger partial charge is 0.365 e. The number of aromatic nitrogens is 2. The molecular formula is C21H24F2N4O3S. The molecule has 2 N–H and O–H groups in total. The summed E-state index contributed by atoms with van der Waals surface area (Å²) in [5.41, 5.74) is -0.530. The Bertz CT molecular complexity index is 1020. The van der Waals surface area contributed by atoms with Gasteiger partial charge in [-0.15, -0.1) is 11.3 Å². The Labute approximate surface area is 182 Å². The third kappa shape index (κ3) is 4.13. The third-order valence-corrected chi connectivity index (χ3v) is 7.21. The van der Waals surface area contributed by atoms with Crippen LogP contribution >= 0.6 is 11.3 Å². The number of alkyl halides is 2. The number of anilines is 1. The van der Waals surface area contributed by atoms with Crippen LogP contribution in [0.15, 0.2) is 12.3 Å². The van der Waals surface area contributed by atoms with Gasteiger partial charge in [0.1, 0.15) is 11.5 Å². The first-order valence-corrected chi connectivity index (χ1v) is 11.1. The van der Waals surface area contributed by atoms with Crippen LogP contribution in [-0.2, 0) is 0 Å². The molecule has 166 valence electrons. The van der Waals surface area contributed by atoms with Crippen molar-refractivity contribution in [2.75, 3.05) is 11.9 Å². The van der Waals surface area contributed by atoms with Gasteiger partial charge in [0.15, 0.2) is 0 Å². The zero-order chi connectivity index (χ0) is 22.3. The van der Waals surface area contributed by atoms with E-state index in [1.807, 2.05) is 13.8 Å². The molecule has 1 amide bonds. The summed E-state index contributed by atoms with van der Waals surface area (Å²) in [4.78, 5) is 34.7. The van der Waals surface area contributed by atoms with Crippen LogP contribution in [0.25, 0.3) is 10.4 Å². The first kappa shape index (κ1) is 21.6. The number of amides is 1. The lowest BCUT2D eigenvalue weighted by Crippen LogP contribution is -2.41. The second kappa shape index (κ2) is 8.14. The minimum absolute atomic E-state index is 0.0159. The predicted octanol–water partition coefficient (Wildman–Crippen LogP) is 4.82. The van der Waals surface area contributed by atoms with Gasteiger partial charge in [-0.2, -0.15) is 0 Å². The maximum absolute atomic E-state index is 14.0. The number of carboxylic acid groups (broad SMARTS) is 1. The van der Waals surface area contributed by atoms with Crippen LogP contribution in [0.1, 0.15) is 78.2 Å². The second-order valence-corrected chi connectivity index (χ2v) is 9.49. The summed E-state index contributed by atoms with van der Waals surface area (Å²) in [5.74, 6) is -1.40. The Morgan fingerprint density at radius 2 is 2.10 bits per heavy atom. The molecule has 2 aromatic rings. The van der Waals surface area contributed by atoms with Crippen molar-refractivity contribution in [3.63, 3.8) is 0 Å². The lowest BCUT2D eigenvalue weighted by molar-refractivity contribution is 0.0696. The minimum atomic E-state index is -2.82. The molecule has 31 heavy (non-hydrogen) atoms. The van der Waals surface area contributed by atoms with Gasteiger partial charge in [-0.25, -0.2) is 23.5 Å². The lowest BCUT2D eigenvalue weighted by atomic mass is 9.78. The molecule has 1 atom stereocenters. The van der Waals surface area contributed by atoms with E-state index in [9.17, 15) is 23.5 Å². The van der Waals surface area contributed by atoms with E-state index in [-0.39, 0.29) is 38.3 Å². The molecule has 7 nitrogen and oxygen atoms in total. The van der Waals surface area contributed by atoms with Crippen molar-refractivity contribution in [3.05, 3.63) is 28.5 Å². The molecule has 3 heterocycles. The number of carboxylic acids is 1. The molecular weight excluding hydrogens is 426 g/mol. The monoisotopic (exact) mass is 450 g/mol. The number of hydrogen-bond acceptors (Lipinski definition) is 6. The fraction of sp³-hybridized carbons (Fsp3) is 0.524. The van der Waals surface area contributed by atoms with Crippen molar-refractivity contribution in [2.45, 2.75) is 64.0 Å². The summed E-state index contributed by atoms with van der Waals surface area (Å²) >= 11 is 0.723. The van der Waals surface area contributed by atoms with Gasteiger partial charge in [-0.1, -0.05) is 0 Å². The molecule has 4 rings (SSSR count). The highest BCUT2D eigenvalue weighted by Crippen LogP contribution is 2.40. The van der Waals surface area contributed by atoms with E-state index in [0.717, 1.165) is 43.4 Å². The number of rotatable bonds is 6. The number of aromatic carboxylic acids is 1. The van der Waals surface area contributed by atoms with Crippen molar-refractivity contribution in [1.82, 2.24) is 14.9 Å². The van der Waals surface area contributed by atoms with E-state index >= 15 is 0 Å². The summed E-state index contributed by atoms with van der Waals surface area (Å²) in [6, 6.07) is 1.27. The van der Waals surface area contributed by atoms with Gasteiger partial charge in [0.2, 0.25) is 5.01 Å². The quantitative estimate of drug-likeness (QED) is 0.655. The molecule has 2 aliphatic rings. The standard InChI is InChI=1S/C21H24F2N4O3S/c1-11-5-3-8-27(11)19(28)15-16(31-18(25-15)20(29)30)13-10-24-14(9-12(13)17(22)23)26-21(2)6-4-7-21/h9-11,17H,3-8H2,1-2H3,(H,24,26)(H,29,30). The molecule has 1 unspecified atom stereocenters. The summed E-state index contributed by atoms with van der Waals surface area (Å²) in [6.45, 7) is 4.45. The van der Waals surface area contributed by atoms with Crippen LogP contribution < -0.4 is 5.32 Å². The van der Waals surface area contributed by atoms with Gasteiger partial charge in [-0.3, -0.25) is 4.79 Å². The van der Waals surface area contributed by atoms with Crippen molar-refractivity contribution >= 4 is 29.0 Å².